The molecule has 0 saturated heterocycles. The lowest BCUT2D eigenvalue weighted by atomic mass is 10.0. The van der Waals surface area contributed by atoms with E-state index in [1.165, 1.54) is 23.1 Å². The Labute approximate surface area is 196 Å². The van der Waals surface area contributed by atoms with Crippen LogP contribution in [0.2, 0.25) is 0 Å². The Morgan fingerprint density at radius 1 is 1.16 bits per heavy atom. The second-order valence-corrected chi connectivity index (χ2v) is 9.94. The molecule has 2 amide bonds. The van der Waals surface area contributed by atoms with E-state index in [1.807, 2.05) is 63.5 Å². The molecule has 0 unspecified atom stereocenters. The molecule has 0 aliphatic rings. The number of nitrogens with zero attached hydrogens (tertiary/aromatic N) is 4. The molecule has 0 aliphatic carbocycles. The zero-order valence-corrected chi connectivity index (χ0v) is 20.5. The van der Waals surface area contributed by atoms with Gasteiger partial charge in [0.05, 0.1) is 11.8 Å². The molecule has 1 aromatic carbocycles. The van der Waals surface area contributed by atoms with Crippen LogP contribution in [-0.2, 0) is 11.3 Å². The van der Waals surface area contributed by atoms with Gasteiger partial charge in [-0.2, -0.15) is 0 Å². The SMILES string of the molecule is CCn1c(SCC(=O)Nc2ncc(C)s2)nnc1[C@H](NC(=O)c1ccc(C)cc1)C(C)C. The van der Waals surface area contributed by atoms with Gasteiger partial charge in [-0.15, -0.1) is 21.5 Å². The van der Waals surface area contributed by atoms with Crippen LogP contribution in [0.4, 0.5) is 5.13 Å². The lowest BCUT2D eigenvalue weighted by Crippen LogP contribution is -2.33. The number of hydrogen-bond acceptors (Lipinski definition) is 7. The molecule has 2 N–H and O–H groups in total. The van der Waals surface area contributed by atoms with Crippen molar-refractivity contribution in [3.63, 3.8) is 0 Å². The molecule has 8 nitrogen and oxygen atoms in total. The maximum atomic E-state index is 12.8. The highest BCUT2D eigenvalue weighted by molar-refractivity contribution is 7.99. The fourth-order valence-corrected chi connectivity index (χ4v) is 4.58. The van der Waals surface area contributed by atoms with E-state index in [-0.39, 0.29) is 29.5 Å². The minimum Gasteiger partial charge on any atom is -0.342 e. The van der Waals surface area contributed by atoms with Crippen molar-refractivity contribution in [3.05, 3.63) is 52.3 Å². The molecule has 2 heterocycles. The lowest BCUT2D eigenvalue weighted by Gasteiger charge is -2.22. The third-order valence-corrected chi connectivity index (χ3v) is 6.60. The third-order valence-electron chi connectivity index (χ3n) is 4.81. The first-order valence-electron chi connectivity index (χ1n) is 10.4. The van der Waals surface area contributed by atoms with E-state index in [4.69, 9.17) is 0 Å². The maximum Gasteiger partial charge on any atom is 0.251 e. The molecule has 1 atom stereocenters. The molecule has 2 aromatic heterocycles. The van der Waals surface area contributed by atoms with Crippen molar-refractivity contribution in [1.29, 1.82) is 0 Å². The fourth-order valence-electron chi connectivity index (χ4n) is 3.09. The van der Waals surface area contributed by atoms with Gasteiger partial charge in [-0.05, 0) is 38.8 Å². The summed E-state index contributed by atoms with van der Waals surface area (Å²) in [6.45, 7) is 10.6. The van der Waals surface area contributed by atoms with Crippen LogP contribution in [0.15, 0.2) is 35.6 Å². The number of hydrogen-bond donors (Lipinski definition) is 2. The molecular weight excluding hydrogens is 444 g/mol. The summed E-state index contributed by atoms with van der Waals surface area (Å²) in [5.74, 6) is 0.680. The number of nitrogens with one attached hydrogen (secondary N) is 2. The molecule has 32 heavy (non-hydrogen) atoms. The van der Waals surface area contributed by atoms with Crippen LogP contribution < -0.4 is 10.6 Å². The number of aromatic nitrogens is 4. The average Bonchev–Trinajstić information content (AvgIpc) is 3.35. The summed E-state index contributed by atoms with van der Waals surface area (Å²) in [5.41, 5.74) is 1.70. The van der Waals surface area contributed by atoms with Crippen molar-refractivity contribution in [2.24, 2.45) is 5.92 Å². The molecule has 170 valence electrons. The Balaban J connectivity index is 1.70. The van der Waals surface area contributed by atoms with Gasteiger partial charge in [0.2, 0.25) is 5.91 Å². The Hall–Kier alpha value is -2.72. The van der Waals surface area contributed by atoms with Crippen molar-refractivity contribution in [3.8, 4) is 0 Å². The van der Waals surface area contributed by atoms with Crippen molar-refractivity contribution < 1.29 is 9.59 Å². The lowest BCUT2D eigenvalue weighted by molar-refractivity contribution is -0.113. The molecule has 0 aliphatic heterocycles. The predicted molar refractivity (Wildman–Crippen MR) is 128 cm³/mol. The van der Waals surface area contributed by atoms with Crippen molar-refractivity contribution in [2.75, 3.05) is 11.1 Å². The van der Waals surface area contributed by atoms with Gasteiger partial charge in [-0.1, -0.05) is 43.3 Å². The summed E-state index contributed by atoms with van der Waals surface area (Å²) in [5, 5.41) is 15.8. The summed E-state index contributed by atoms with van der Waals surface area (Å²) in [7, 11) is 0. The van der Waals surface area contributed by atoms with Gasteiger partial charge < -0.3 is 15.2 Å². The van der Waals surface area contributed by atoms with Gasteiger partial charge in [-0.25, -0.2) is 4.98 Å². The van der Waals surface area contributed by atoms with Crippen LogP contribution in [0.1, 0.15) is 53.4 Å². The first-order valence-corrected chi connectivity index (χ1v) is 12.2. The minimum absolute atomic E-state index is 0.105. The van der Waals surface area contributed by atoms with Crippen LogP contribution in [-0.4, -0.2) is 37.3 Å². The van der Waals surface area contributed by atoms with Crippen LogP contribution in [0.5, 0.6) is 0 Å². The standard InChI is InChI=1S/C22H28N6O2S2/c1-6-28-19(18(13(2)3)25-20(30)16-9-7-14(4)8-10-16)26-27-22(28)31-12-17(29)24-21-23-11-15(5)32-21/h7-11,13,18H,6,12H2,1-5H3,(H,25,30)(H,23,24,29)/t18-/m1/s1. The van der Waals surface area contributed by atoms with Crippen molar-refractivity contribution in [2.45, 2.75) is 52.4 Å². The van der Waals surface area contributed by atoms with Crippen LogP contribution in [0, 0.1) is 19.8 Å². The van der Waals surface area contributed by atoms with E-state index >= 15 is 0 Å². The molecule has 0 bridgehead atoms. The maximum absolute atomic E-state index is 12.8. The molecule has 3 rings (SSSR count). The third kappa shape index (κ3) is 5.95. The molecular formula is C22H28N6O2S2. The summed E-state index contributed by atoms with van der Waals surface area (Å²) < 4.78 is 1.95. The Morgan fingerprint density at radius 3 is 2.47 bits per heavy atom. The number of thiazole rings is 1. The Morgan fingerprint density at radius 2 is 1.88 bits per heavy atom. The number of amides is 2. The molecule has 0 fully saturated rings. The van der Waals surface area contributed by atoms with Gasteiger partial charge in [0, 0.05) is 23.2 Å². The van der Waals surface area contributed by atoms with Gasteiger partial charge in [0.15, 0.2) is 16.1 Å². The smallest absolute Gasteiger partial charge is 0.251 e. The average molecular weight is 473 g/mol. The first-order chi connectivity index (χ1) is 15.3. The number of carbonyl (C=O) groups is 2. The number of thioether (sulfide) groups is 1. The second-order valence-electron chi connectivity index (χ2n) is 7.76. The Bertz CT molecular complexity index is 1070. The summed E-state index contributed by atoms with van der Waals surface area (Å²) in [6.07, 6.45) is 1.73. The first kappa shape index (κ1) is 23.9. The van der Waals surface area contributed by atoms with Crippen molar-refractivity contribution >= 4 is 40.0 Å². The topological polar surface area (TPSA) is 102 Å². The number of anilines is 1. The van der Waals surface area contributed by atoms with Crippen LogP contribution in [0.25, 0.3) is 0 Å². The zero-order valence-electron chi connectivity index (χ0n) is 18.9. The normalized spacial score (nSPS) is 12.1. The molecule has 0 spiro atoms. The van der Waals surface area contributed by atoms with E-state index in [1.54, 1.807) is 6.20 Å². The molecule has 10 heteroatoms. The fraction of sp³-hybridized carbons (Fsp3) is 0.409. The van der Waals surface area contributed by atoms with E-state index < -0.39 is 0 Å². The monoisotopic (exact) mass is 472 g/mol. The van der Waals surface area contributed by atoms with E-state index in [0.717, 1.165) is 10.4 Å². The number of carbonyl (C=O) groups excluding carboxylic acids is 2. The summed E-state index contributed by atoms with van der Waals surface area (Å²) in [4.78, 5) is 30.3. The predicted octanol–water partition coefficient (Wildman–Crippen LogP) is 4.23. The van der Waals surface area contributed by atoms with Gasteiger partial charge >= 0.3 is 0 Å². The van der Waals surface area contributed by atoms with E-state index in [2.05, 4.69) is 25.8 Å². The number of aryl methyl sites for hydroxylation is 2. The molecule has 0 radical (unpaired) electrons. The largest absolute Gasteiger partial charge is 0.342 e. The zero-order chi connectivity index (χ0) is 23.3. The van der Waals surface area contributed by atoms with E-state index in [0.29, 0.717) is 28.2 Å². The second kappa shape index (κ2) is 10.7. The van der Waals surface area contributed by atoms with Crippen molar-refractivity contribution in [1.82, 2.24) is 25.1 Å². The van der Waals surface area contributed by atoms with Crippen LogP contribution in [0.3, 0.4) is 0 Å². The highest BCUT2D eigenvalue weighted by atomic mass is 32.2. The summed E-state index contributed by atoms with van der Waals surface area (Å²) >= 11 is 2.75. The minimum atomic E-state index is -0.308. The van der Waals surface area contributed by atoms with Gasteiger partial charge in [0.1, 0.15) is 0 Å². The van der Waals surface area contributed by atoms with Gasteiger partial charge in [0.25, 0.3) is 5.91 Å². The summed E-state index contributed by atoms with van der Waals surface area (Å²) in [6, 6.07) is 7.16. The molecule has 0 saturated carbocycles. The number of benzene rings is 1. The van der Waals surface area contributed by atoms with E-state index in [9.17, 15) is 9.59 Å². The van der Waals surface area contributed by atoms with Crippen LogP contribution >= 0.6 is 23.1 Å². The highest BCUT2D eigenvalue weighted by Gasteiger charge is 2.26. The quantitative estimate of drug-likeness (QED) is 0.452. The Kier molecular flexibility index (Phi) is 8.03. The highest BCUT2D eigenvalue weighted by Crippen LogP contribution is 2.26. The molecule has 3 aromatic rings. The van der Waals surface area contributed by atoms with Gasteiger partial charge in [-0.3, -0.25) is 9.59 Å². The number of rotatable bonds is 9.